The summed E-state index contributed by atoms with van der Waals surface area (Å²) in [5.41, 5.74) is 3.85. The van der Waals surface area contributed by atoms with Gasteiger partial charge in [0.25, 0.3) is 0 Å². The van der Waals surface area contributed by atoms with Crippen LogP contribution in [0.4, 0.5) is 4.39 Å². The predicted octanol–water partition coefficient (Wildman–Crippen LogP) is 4.31. The lowest BCUT2D eigenvalue weighted by atomic mass is 10.0. The Kier molecular flexibility index (Phi) is 4.97. The fourth-order valence-electron chi connectivity index (χ4n) is 2.23. The van der Waals surface area contributed by atoms with Gasteiger partial charge in [-0.15, -0.1) is 0 Å². The molecule has 0 aromatic heterocycles. The van der Waals surface area contributed by atoms with Crippen LogP contribution in [0.5, 0.6) is 5.75 Å². The van der Waals surface area contributed by atoms with Crippen LogP contribution in [0.1, 0.15) is 25.0 Å². The summed E-state index contributed by atoms with van der Waals surface area (Å²) in [6, 6.07) is 11.7. The molecule has 0 saturated carbocycles. The highest BCUT2D eigenvalue weighted by molar-refractivity contribution is 5.66. The van der Waals surface area contributed by atoms with Gasteiger partial charge in [-0.2, -0.15) is 0 Å². The molecule has 1 N–H and O–H groups in total. The van der Waals surface area contributed by atoms with Gasteiger partial charge in [-0.25, -0.2) is 4.39 Å². The van der Waals surface area contributed by atoms with E-state index in [9.17, 15) is 4.39 Å². The molecule has 112 valence electrons. The van der Waals surface area contributed by atoms with Gasteiger partial charge in [0.15, 0.2) is 0 Å². The normalized spacial score (nSPS) is 11.0. The van der Waals surface area contributed by atoms with Gasteiger partial charge >= 0.3 is 0 Å². The highest BCUT2D eigenvalue weighted by atomic mass is 19.1. The fourth-order valence-corrected chi connectivity index (χ4v) is 2.23. The fraction of sp³-hybridized carbons (Fsp3) is 0.333. The summed E-state index contributed by atoms with van der Waals surface area (Å²) in [4.78, 5) is 0. The first-order valence-corrected chi connectivity index (χ1v) is 7.18. The van der Waals surface area contributed by atoms with Crippen molar-refractivity contribution in [2.45, 2.75) is 33.4 Å². The molecule has 2 aromatic carbocycles. The summed E-state index contributed by atoms with van der Waals surface area (Å²) in [7, 11) is 1.68. The maximum Gasteiger partial charge on any atom is 0.126 e. The maximum absolute atomic E-state index is 13.4. The van der Waals surface area contributed by atoms with Crippen LogP contribution >= 0.6 is 0 Å². The lowest BCUT2D eigenvalue weighted by Gasteiger charge is -2.14. The van der Waals surface area contributed by atoms with Crippen molar-refractivity contribution in [3.63, 3.8) is 0 Å². The molecule has 2 rings (SSSR count). The van der Waals surface area contributed by atoms with Crippen LogP contribution in [0, 0.1) is 12.7 Å². The molecule has 0 bridgehead atoms. The van der Waals surface area contributed by atoms with E-state index in [-0.39, 0.29) is 5.82 Å². The van der Waals surface area contributed by atoms with Gasteiger partial charge in [-0.3, -0.25) is 0 Å². The van der Waals surface area contributed by atoms with Gasteiger partial charge in [-0.05, 0) is 47.9 Å². The molecule has 0 heterocycles. The second-order valence-electron chi connectivity index (χ2n) is 5.53. The van der Waals surface area contributed by atoms with Gasteiger partial charge < -0.3 is 10.1 Å². The average molecular weight is 287 g/mol. The van der Waals surface area contributed by atoms with Gasteiger partial charge in [0.05, 0.1) is 7.11 Å². The molecule has 0 unspecified atom stereocenters. The minimum atomic E-state index is -0.172. The number of ether oxygens (including phenoxy) is 1. The first kappa shape index (κ1) is 15.5. The third-order valence-corrected chi connectivity index (χ3v) is 3.47. The largest absolute Gasteiger partial charge is 0.496 e. The van der Waals surface area contributed by atoms with E-state index >= 15 is 0 Å². The SMILES string of the molecule is COc1ccc(-c2ccc(F)c(C)c2)cc1CNC(C)C. The zero-order valence-corrected chi connectivity index (χ0v) is 13.0. The monoisotopic (exact) mass is 287 g/mol. The Bertz CT molecular complexity index is 623. The van der Waals surface area contributed by atoms with Crippen LogP contribution in [0.3, 0.4) is 0 Å². The van der Waals surface area contributed by atoms with Crippen molar-refractivity contribution in [1.82, 2.24) is 5.32 Å². The number of hydrogen-bond acceptors (Lipinski definition) is 2. The minimum Gasteiger partial charge on any atom is -0.496 e. The van der Waals surface area contributed by atoms with Crippen LogP contribution < -0.4 is 10.1 Å². The van der Waals surface area contributed by atoms with Crippen LogP contribution in [-0.4, -0.2) is 13.2 Å². The number of benzene rings is 2. The van der Waals surface area contributed by atoms with Crippen molar-refractivity contribution in [3.05, 3.63) is 53.3 Å². The molecule has 2 nitrogen and oxygen atoms in total. The molecule has 0 spiro atoms. The Hall–Kier alpha value is -1.87. The zero-order valence-electron chi connectivity index (χ0n) is 13.0. The van der Waals surface area contributed by atoms with Crippen molar-refractivity contribution in [2.24, 2.45) is 0 Å². The molecule has 0 radical (unpaired) electrons. The van der Waals surface area contributed by atoms with E-state index in [1.54, 1.807) is 14.0 Å². The van der Waals surface area contributed by atoms with Crippen molar-refractivity contribution < 1.29 is 9.13 Å². The molecule has 0 aliphatic carbocycles. The molecule has 2 aromatic rings. The van der Waals surface area contributed by atoms with E-state index in [0.29, 0.717) is 11.6 Å². The van der Waals surface area contributed by atoms with Crippen LogP contribution in [0.25, 0.3) is 11.1 Å². The van der Waals surface area contributed by atoms with Gasteiger partial charge in [0.1, 0.15) is 11.6 Å². The summed E-state index contributed by atoms with van der Waals surface area (Å²) in [5.74, 6) is 0.694. The van der Waals surface area contributed by atoms with Gasteiger partial charge in [0.2, 0.25) is 0 Å². The standard InChI is InChI=1S/C18H22FNO/c1-12(2)20-11-16-10-15(6-8-18(16)21-4)14-5-7-17(19)13(3)9-14/h5-10,12,20H,11H2,1-4H3. The highest BCUT2D eigenvalue weighted by Crippen LogP contribution is 2.27. The molecule has 21 heavy (non-hydrogen) atoms. The Morgan fingerprint density at radius 3 is 2.38 bits per heavy atom. The van der Waals surface area contributed by atoms with Crippen LogP contribution in [0.15, 0.2) is 36.4 Å². The average Bonchev–Trinajstić information content (AvgIpc) is 2.47. The van der Waals surface area contributed by atoms with E-state index in [4.69, 9.17) is 4.74 Å². The molecule has 0 amide bonds. The smallest absolute Gasteiger partial charge is 0.126 e. The summed E-state index contributed by atoms with van der Waals surface area (Å²) >= 11 is 0. The number of aryl methyl sites for hydroxylation is 1. The Labute approximate surface area is 126 Å². The number of methoxy groups -OCH3 is 1. The lowest BCUT2D eigenvalue weighted by molar-refractivity contribution is 0.406. The van der Waals surface area contributed by atoms with Gasteiger partial charge in [-0.1, -0.05) is 26.0 Å². The Morgan fingerprint density at radius 1 is 1.10 bits per heavy atom. The maximum atomic E-state index is 13.4. The molecule has 0 aliphatic heterocycles. The first-order valence-electron chi connectivity index (χ1n) is 7.18. The molecular formula is C18H22FNO. The third-order valence-electron chi connectivity index (χ3n) is 3.47. The lowest BCUT2D eigenvalue weighted by Crippen LogP contribution is -2.22. The predicted molar refractivity (Wildman–Crippen MR) is 85.1 cm³/mol. The van der Waals surface area contributed by atoms with Crippen molar-refractivity contribution in [2.75, 3.05) is 7.11 Å². The van der Waals surface area contributed by atoms with Crippen LogP contribution in [0.2, 0.25) is 0 Å². The van der Waals surface area contributed by atoms with E-state index < -0.39 is 0 Å². The second-order valence-corrected chi connectivity index (χ2v) is 5.53. The molecular weight excluding hydrogens is 265 g/mol. The first-order chi connectivity index (χ1) is 10.0. The van der Waals surface area contributed by atoms with Crippen LogP contribution in [-0.2, 0) is 6.54 Å². The molecule has 0 aliphatic rings. The number of hydrogen-bond donors (Lipinski definition) is 1. The quantitative estimate of drug-likeness (QED) is 0.885. The van der Waals surface area contributed by atoms with E-state index in [1.165, 1.54) is 6.07 Å². The minimum absolute atomic E-state index is 0.172. The number of nitrogens with one attached hydrogen (secondary N) is 1. The van der Waals surface area contributed by atoms with Crippen molar-refractivity contribution >= 4 is 0 Å². The Morgan fingerprint density at radius 2 is 1.76 bits per heavy atom. The number of rotatable bonds is 5. The van der Waals surface area contributed by atoms with Crippen molar-refractivity contribution in [1.29, 1.82) is 0 Å². The summed E-state index contributed by atoms with van der Waals surface area (Å²) in [5, 5.41) is 3.40. The second kappa shape index (κ2) is 6.72. The molecule has 0 atom stereocenters. The summed E-state index contributed by atoms with van der Waals surface area (Å²) in [6.45, 7) is 6.75. The topological polar surface area (TPSA) is 21.3 Å². The summed E-state index contributed by atoms with van der Waals surface area (Å²) in [6.07, 6.45) is 0. The molecule has 0 fully saturated rings. The van der Waals surface area contributed by atoms with E-state index in [2.05, 4.69) is 25.2 Å². The van der Waals surface area contributed by atoms with E-state index in [1.807, 2.05) is 24.3 Å². The molecule has 3 heteroatoms. The zero-order chi connectivity index (χ0) is 15.4. The van der Waals surface area contributed by atoms with Crippen molar-refractivity contribution in [3.8, 4) is 16.9 Å². The summed E-state index contributed by atoms with van der Waals surface area (Å²) < 4.78 is 18.8. The third kappa shape index (κ3) is 3.82. The van der Waals surface area contributed by atoms with E-state index in [0.717, 1.165) is 29.0 Å². The van der Waals surface area contributed by atoms with Gasteiger partial charge in [0, 0.05) is 18.2 Å². The molecule has 0 saturated heterocycles. The Balaban J connectivity index is 2.35. The number of halogens is 1. The highest BCUT2D eigenvalue weighted by Gasteiger charge is 2.08.